The minimum atomic E-state index is 0.642. The van der Waals surface area contributed by atoms with Crippen LogP contribution in [-0.4, -0.2) is 15.0 Å². The summed E-state index contributed by atoms with van der Waals surface area (Å²) in [5.41, 5.74) is 7.59. The lowest BCUT2D eigenvalue weighted by atomic mass is 9.94. The Hall–Kier alpha value is -7.01. The summed E-state index contributed by atoms with van der Waals surface area (Å²) >= 11 is 1.88. The number of nitrogens with zero attached hydrogens (tertiary/aromatic N) is 3. The van der Waals surface area contributed by atoms with Crippen LogP contribution in [0.2, 0.25) is 0 Å². The molecule has 11 rings (SSSR count). The van der Waals surface area contributed by atoms with E-state index >= 15 is 0 Å². The van der Waals surface area contributed by atoms with Gasteiger partial charge in [-0.3, -0.25) is 0 Å². The van der Waals surface area contributed by atoms with Gasteiger partial charge in [-0.1, -0.05) is 176 Å². The average Bonchev–Trinajstić information content (AvgIpc) is 3.64. The summed E-state index contributed by atoms with van der Waals surface area (Å²) in [6, 6.07) is 66.8. The monoisotopic (exact) mass is 717 g/mol. The molecule has 11 aromatic rings. The zero-order valence-electron chi connectivity index (χ0n) is 29.6. The Bertz CT molecular complexity index is 3250. The highest BCUT2D eigenvalue weighted by molar-refractivity contribution is 7.26. The molecule has 0 aliphatic rings. The molecule has 2 aromatic heterocycles. The van der Waals surface area contributed by atoms with Crippen LogP contribution in [0.4, 0.5) is 0 Å². The van der Waals surface area contributed by atoms with Crippen molar-refractivity contribution in [2.75, 3.05) is 0 Å². The fourth-order valence-electron chi connectivity index (χ4n) is 8.03. The van der Waals surface area contributed by atoms with Crippen LogP contribution in [-0.2, 0) is 0 Å². The van der Waals surface area contributed by atoms with Crippen molar-refractivity contribution >= 4 is 63.8 Å². The fraction of sp³-hybridized carbons (Fsp3) is 0. The standard InChI is InChI=1S/C51H31N3S/c1-2-11-32(12-3-1)33-21-23-36(24-22-33)49-52-50(45-20-10-15-34-13-4-6-16-38(34)45)54-51(53-49)46-30-29-39(41-18-8-9-19-42(41)46)37-26-27-43-44-28-25-35-14-5-7-17-40(35)48(44)55-47(43)31-37/h1-31H. The van der Waals surface area contributed by atoms with Crippen molar-refractivity contribution in [3.8, 4) is 56.4 Å². The second kappa shape index (κ2) is 12.8. The lowest BCUT2D eigenvalue weighted by molar-refractivity contribution is 1.08. The predicted octanol–water partition coefficient (Wildman–Crippen LogP) is 14.0. The van der Waals surface area contributed by atoms with E-state index in [2.05, 4.69) is 182 Å². The molecule has 9 aromatic carbocycles. The van der Waals surface area contributed by atoms with Gasteiger partial charge in [-0.15, -0.1) is 11.3 Å². The first-order valence-electron chi connectivity index (χ1n) is 18.5. The Morgan fingerprint density at radius 2 is 0.818 bits per heavy atom. The van der Waals surface area contributed by atoms with Gasteiger partial charge in [0.15, 0.2) is 17.5 Å². The molecule has 0 saturated heterocycles. The summed E-state index contributed by atoms with van der Waals surface area (Å²) in [4.78, 5) is 15.6. The third-order valence-electron chi connectivity index (χ3n) is 10.8. The van der Waals surface area contributed by atoms with Crippen molar-refractivity contribution in [1.82, 2.24) is 15.0 Å². The first kappa shape index (κ1) is 31.5. The van der Waals surface area contributed by atoms with Gasteiger partial charge in [0.1, 0.15) is 0 Å². The van der Waals surface area contributed by atoms with Gasteiger partial charge in [0.2, 0.25) is 0 Å². The van der Waals surface area contributed by atoms with Crippen molar-refractivity contribution in [1.29, 1.82) is 0 Å². The Labute approximate surface area is 321 Å². The molecule has 0 spiro atoms. The van der Waals surface area contributed by atoms with E-state index in [4.69, 9.17) is 15.0 Å². The SMILES string of the molecule is c1ccc(-c2ccc(-c3nc(-c4cccc5ccccc45)nc(-c4ccc(-c5ccc6c(c5)sc5c7ccccc7ccc65)c5ccccc45)n3)cc2)cc1. The van der Waals surface area contributed by atoms with E-state index in [0.717, 1.165) is 43.8 Å². The van der Waals surface area contributed by atoms with Gasteiger partial charge in [-0.25, -0.2) is 15.0 Å². The molecule has 55 heavy (non-hydrogen) atoms. The second-order valence-electron chi connectivity index (χ2n) is 14.0. The van der Waals surface area contributed by atoms with E-state index < -0.39 is 0 Å². The first-order chi connectivity index (χ1) is 27.2. The van der Waals surface area contributed by atoms with Crippen LogP contribution in [0.25, 0.3) is 109 Å². The lowest BCUT2D eigenvalue weighted by Crippen LogP contribution is -2.01. The van der Waals surface area contributed by atoms with Crippen molar-refractivity contribution in [2.45, 2.75) is 0 Å². The summed E-state index contributed by atoms with van der Waals surface area (Å²) in [6.45, 7) is 0. The molecule has 256 valence electrons. The van der Waals surface area contributed by atoms with Crippen molar-refractivity contribution in [3.05, 3.63) is 188 Å². The molecule has 2 heterocycles. The van der Waals surface area contributed by atoms with Crippen molar-refractivity contribution in [2.24, 2.45) is 0 Å². The molecule has 0 saturated carbocycles. The van der Waals surface area contributed by atoms with E-state index in [9.17, 15) is 0 Å². The summed E-state index contributed by atoms with van der Waals surface area (Å²) in [6.07, 6.45) is 0. The molecule has 0 aliphatic carbocycles. The Balaban J connectivity index is 1.08. The molecule has 0 radical (unpaired) electrons. The molecule has 3 nitrogen and oxygen atoms in total. The van der Waals surface area contributed by atoms with Gasteiger partial charge in [-0.2, -0.15) is 0 Å². The number of fused-ring (bicyclic) bond motifs is 7. The van der Waals surface area contributed by atoms with Gasteiger partial charge in [0.05, 0.1) is 0 Å². The average molecular weight is 718 g/mol. The van der Waals surface area contributed by atoms with E-state index in [1.54, 1.807) is 0 Å². The van der Waals surface area contributed by atoms with Crippen molar-refractivity contribution in [3.63, 3.8) is 0 Å². The van der Waals surface area contributed by atoms with Gasteiger partial charge < -0.3 is 0 Å². The summed E-state index contributed by atoms with van der Waals surface area (Å²) in [5, 5.41) is 9.71. The van der Waals surface area contributed by atoms with Crippen LogP contribution < -0.4 is 0 Å². The number of hydrogen-bond donors (Lipinski definition) is 0. The summed E-state index contributed by atoms with van der Waals surface area (Å²) < 4.78 is 2.63. The largest absolute Gasteiger partial charge is 0.208 e. The third-order valence-corrected chi connectivity index (χ3v) is 12.0. The van der Waals surface area contributed by atoms with Crippen LogP contribution in [0.15, 0.2) is 188 Å². The van der Waals surface area contributed by atoms with Crippen LogP contribution in [0.3, 0.4) is 0 Å². The van der Waals surface area contributed by atoms with Crippen molar-refractivity contribution < 1.29 is 0 Å². The lowest BCUT2D eigenvalue weighted by Gasteiger charge is -2.14. The maximum absolute atomic E-state index is 5.24. The highest BCUT2D eigenvalue weighted by Gasteiger charge is 2.18. The molecule has 0 bridgehead atoms. The van der Waals surface area contributed by atoms with Crippen LogP contribution in [0.1, 0.15) is 0 Å². The number of hydrogen-bond acceptors (Lipinski definition) is 4. The summed E-state index contributed by atoms with van der Waals surface area (Å²) in [5.74, 6) is 1.94. The number of aromatic nitrogens is 3. The zero-order chi connectivity index (χ0) is 36.3. The maximum atomic E-state index is 5.24. The second-order valence-corrected chi connectivity index (χ2v) is 15.0. The quantitative estimate of drug-likeness (QED) is 0.178. The molecule has 0 N–H and O–H groups in total. The first-order valence-corrected chi connectivity index (χ1v) is 19.3. The molecule has 0 aliphatic heterocycles. The van der Waals surface area contributed by atoms with Gasteiger partial charge in [0, 0.05) is 36.9 Å². The molecular weight excluding hydrogens is 687 g/mol. The number of thiophene rings is 1. The Morgan fingerprint density at radius 1 is 0.291 bits per heavy atom. The van der Waals surface area contributed by atoms with Crippen LogP contribution in [0, 0.1) is 0 Å². The molecule has 4 heteroatoms. The van der Waals surface area contributed by atoms with E-state index in [0.29, 0.717) is 17.5 Å². The zero-order valence-corrected chi connectivity index (χ0v) is 30.5. The third kappa shape index (κ3) is 5.38. The van der Waals surface area contributed by atoms with E-state index in [-0.39, 0.29) is 0 Å². The molecule has 0 unspecified atom stereocenters. The smallest absolute Gasteiger partial charge is 0.164 e. The minimum absolute atomic E-state index is 0.642. The normalized spacial score (nSPS) is 11.6. The van der Waals surface area contributed by atoms with Crippen LogP contribution >= 0.6 is 11.3 Å². The highest BCUT2D eigenvalue weighted by Crippen LogP contribution is 2.42. The van der Waals surface area contributed by atoms with Crippen LogP contribution in [0.5, 0.6) is 0 Å². The molecular formula is C51H31N3S. The topological polar surface area (TPSA) is 38.7 Å². The van der Waals surface area contributed by atoms with E-state index in [1.165, 1.54) is 47.6 Å². The maximum Gasteiger partial charge on any atom is 0.164 e. The van der Waals surface area contributed by atoms with E-state index in [1.807, 2.05) is 17.4 Å². The fourth-order valence-corrected chi connectivity index (χ4v) is 9.30. The summed E-state index contributed by atoms with van der Waals surface area (Å²) in [7, 11) is 0. The number of benzene rings is 9. The number of rotatable bonds is 5. The van der Waals surface area contributed by atoms with Gasteiger partial charge >= 0.3 is 0 Å². The van der Waals surface area contributed by atoms with Gasteiger partial charge in [0.25, 0.3) is 0 Å². The van der Waals surface area contributed by atoms with Gasteiger partial charge in [-0.05, 0) is 66.7 Å². The predicted molar refractivity (Wildman–Crippen MR) is 232 cm³/mol. The Morgan fingerprint density at radius 3 is 1.60 bits per heavy atom. The molecule has 0 amide bonds. The highest BCUT2D eigenvalue weighted by atomic mass is 32.1. The Kier molecular flexibility index (Phi) is 7.35. The minimum Gasteiger partial charge on any atom is -0.208 e. The molecule has 0 atom stereocenters. The molecule has 0 fully saturated rings.